The van der Waals surface area contributed by atoms with Gasteiger partial charge in [0.05, 0.1) is 6.54 Å². The molecule has 0 aromatic carbocycles. The molecule has 136 valence electrons. The van der Waals surface area contributed by atoms with Crippen molar-refractivity contribution in [2.24, 2.45) is 0 Å². The molecule has 3 heterocycles. The Bertz CT molecular complexity index is 773. The summed E-state index contributed by atoms with van der Waals surface area (Å²) in [7, 11) is 0. The van der Waals surface area contributed by atoms with Crippen molar-refractivity contribution in [2.75, 3.05) is 44.6 Å². The Balaban J connectivity index is 1.39. The van der Waals surface area contributed by atoms with E-state index in [2.05, 4.69) is 20.3 Å². The highest BCUT2D eigenvalue weighted by Gasteiger charge is 2.19. The summed E-state index contributed by atoms with van der Waals surface area (Å²) in [5, 5.41) is 8.40. The average molecular weight is 365 g/mol. The van der Waals surface area contributed by atoms with Gasteiger partial charge in [0, 0.05) is 56.4 Å². The molecule has 0 radical (unpaired) electrons. The van der Waals surface area contributed by atoms with Crippen LogP contribution < -0.4 is 10.2 Å². The summed E-state index contributed by atoms with van der Waals surface area (Å²) in [6.07, 6.45) is 0. The predicted molar refractivity (Wildman–Crippen MR) is 96.1 cm³/mol. The van der Waals surface area contributed by atoms with Crippen molar-refractivity contribution < 1.29 is 9.32 Å². The van der Waals surface area contributed by atoms with Crippen LogP contribution in [0.2, 0.25) is 0 Å². The van der Waals surface area contributed by atoms with E-state index in [1.54, 1.807) is 13.0 Å². The summed E-state index contributed by atoms with van der Waals surface area (Å²) < 4.78 is 6.76. The molecule has 0 saturated carbocycles. The molecule has 9 heteroatoms. The van der Waals surface area contributed by atoms with Gasteiger partial charge in [-0.1, -0.05) is 16.5 Å². The van der Waals surface area contributed by atoms with Gasteiger partial charge >= 0.3 is 4.87 Å². The molecule has 1 fully saturated rings. The van der Waals surface area contributed by atoms with Crippen molar-refractivity contribution in [2.45, 2.75) is 20.4 Å². The van der Waals surface area contributed by atoms with Gasteiger partial charge in [-0.2, -0.15) is 0 Å². The Labute approximate surface area is 150 Å². The molecule has 0 atom stereocenters. The first-order chi connectivity index (χ1) is 12.0. The number of carbonyl (C=O) groups excluding carboxylic acids is 1. The van der Waals surface area contributed by atoms with E-state index < -0.39 is 0 Å². The largest absolute Gasteiger partial charge is 0.360 e. The quantitative estimate of drug-likeness (QED) is 0.814. The molecule has 0 bridgehead atoms. The zero-order valence-electron chi connectivity index (χ0n) is 14.5. The molecule has 0 unspecified atom stereocenters. The fraction of sp³-hybridized carbons (Fsp3) is 0.562. The third-order valence-corrected chi connectivity index (χ3v) is 5.22. The van der Waals surface area contributed by atoms with Gasteiger partial charge in [0.25, 0.3) is 0 Å². The van der Waals surface area contributed by atoms with Crippen LogP contribution in [-0.4, -0.2) is 64.7 Å². The number of nitrogens with zero attached hydrogens (tertiary/aromatic N) is 4. The maximum absolute atomic E-state index is 12.0. The maximum Gasteiger partial charge on any atom is 0.307 e. The number of nitrogens with one attached hydrogen (secondary N) is 1. The zero-order valence-corrected chi connectivity index (χ0v) is 15.3. The van der Waals surface area contributed by atoms with E-state index >= 15 is 0 Å². The van der Waals surface area contributed by atoms with Crippen LogP contribution in [-0.2, 0) is 11.3 Å². The van der Waals surface area contributed by atoms with E-state index in [1.807, 2.05) is 16.9 Å². The third-order valence-electron chi connectivity index (χ3n) is 4.34. The van der Waals surface area contributed by atoms with Crippen LogP contribution in [0.3, 0.4) is 0 Å². The summed E-state index contributed by atoms with van der Waals surface area (Å²) in [4.78, 5) is 28.3. The second-order valence-electron chi connectivity index (χ2n) is 6.28. The normalized spacial score (nSPS) is 16.2. The summed E-state index contributed by atoms with van der Waals surface area (Å²) in [5.41, 5.74) is 1.02. The minimum atomic E-state index is -0.0813. The van der Waals surface area contributed by atoms with Crippen LogP contribution in [0.15, 0.2) is 20.8 Å². The summed E-state index contributed by atoms with van der Waals surface area (Å²) >= 11 is 1.25. The molecule has 8 nitrogen and oxygen atoms in total. The average Bonchev–Trinajstić information content (AvgIpc) is 3.12. The number of piperazine rings is 1. The van der Waals surface area contributed by atoms with E-state index in [0.29, 0.717) is 18.1 Å². The molecule has 25 heavy (non-hydrogen) atoms. The molecule has 0 aliphatic carbocycles. The van der Waals surface area contributed by atoms with Crippen LogP contribution in [0.4, 0.5) is 5.82 Å². The predicted octanol–water partition coefficient (Wildman–Crippen LogP) is 0.771. The molecule has 1 saturated heterocycles. The van der Waals surface area contributed by atoms with Crippen LogP contribution in [0.25, 0.3) is 0 Å². The standard InChI is InChI=1S/C16H23N5O3S/c1-12-11-25-16(23)21(12)8-7-19-3-5-20(6-4-19)10-15(22)17-14-9-13(2)24-18-14/h9,11H,3-8,10H2,1-2H3,(H,17,18,22). The Morgan fingerprint density at radius 2 is 1.96 bits per heavy atom. The van der Waals surface area contributed by atoms with Crippen molar-refractivity contribution in [1.29, 1.82) is 0 Å². The summed E-state index contributed by atoms with van der Waals surface area (Å²) in [6.45, 7) is 9.14. The van der Waals surface area contributed by atoms with Gasteiger partial charge in [0.15, 0.2) is 5.82 Å². The SMILES string of the molecule is Cc1cc(NC(=O)CN2CCN(CCn3c(C)csc3=O)CC2)no1. The van der Waals surface area contributed by atoms with Crippen molar-refractivity contribution in [3.8, 4) is 0 Å². The van der Waals surface area contributed by atoms with Crippen molar-refractivity contribution in [3.63, 3.8) is 0 Å². The second kappa shape index (κ2) is 7.94. The van der Waals surface area contributed by atoms with Crippen LogP contribution in [0, 0.1) is 13.8 Å². The highest BCUT2D eigenvalue weighted by molar-refractivity contribution is 7.07. The van der Waals surface area contributed by atoms with E-state index in [9.17, 15) is 9.59 Å². The fourth-order valence-corrected chi connectivity index (χ4v) is 3.66. The smallest absolute Gasteiger partial charge is 0.307 e. The van der Waals surface area contributed by atoms with Crippen LogP contribution in [0.5, 0.6) is 0 Å². The minimum Gasteiger partial charge on any atom is -0.360 e. The Kier molecular flexibility index (Phi) is 5.67. The van der Waals surface area contributed by atoms with E-state index in [0.717, 1.165) is 45.0 Å². The van der Waals surface area contributed by atoms with Crippen molar-refractivity contribution in [3.05, 3.63) is 32.6 Å². The Morgan fingerprint density at radius 3 is 2.56 bits per heavy atom. The molecular formula is C16H23N5O3S. The van der Waals surface area contributed by atoms with Gasteiger partial charge in [-0.25, -0.2) is 0 Å². The highest BCUT2D eigenvalue weighted by atomic mass is 32.1. The molecule has 2 aromatic heterocycles. The van der Waals surface area contributed by atoms with Crippen molar-refractivity contribution in [1.82, 2.24) is 19.5 Å². The first-order valence-corrected chi connectivity index (χ1v) is 9.22. The number of amides is 1. The van der Waals surface area contributed by atoms with Gasteiger partial charge in [-0.3, -0.25) is 19.4 Å². The lowest BCUT2D eigenvalue weighted by atomic mass is 10.3. The zero-order chi connectivity index (χ0) is 17.8. The molecule has 0 spiro atoms. The number of aromatic nitrogens is 2. The lowest BCUT2D eigenvalue weighted by Crippen LogP contribution is -2.49. The maximum atomic E-state index is 12.0. The van der Waals surface area contributed by atoms with E-state index in [1.165, 1.54) is 11.3 Å². The number of carbonyl (C=O) groups is 1. The number of rotatable bonds is 6. The minimum absolute atomic E-state index is 0.0813. The topological polar surface area (TPSA) is 83.6 Å². The van der Waals surface area contributed by atoms with Crippen LogP contribution >= 0.6 is 11.3 Å². The number of anilines is 1. The van der Waals surface area contributed by atoms with E-state index in [4.69, 9.17) is 4.52 Å². The van der Waals surface area contributed by atoms with Gasteiger partial charge in [0.2, 0.25) is 5.91 Å². The highest BCUT2D eigenvalue weighted by Crippen LogP contribution is 2.08. The molecule has 2 aromatic rings. The molecule has 1 N–H and O–H groups in total. The van der Waals surface area contributed by atoms with Gasteiger partial charge in [-0.05, 0) is 13.8 Å². The lowest BCUT2D eigenvalue weighted by Gasteiger charge is -2.34. The number of hydrogen-bond donors (Lipinski definition) is 1. The van der Waals surface area contributed by atoms with Gasteiger partial charge < -0.3 is 14.4 Å². The first-order valence-electron chi connectivity index (χ1n) is 8.34. The Hall–Kier alpha value is -1.97. The van der Waals surface area contributed by atoms with Gasteiger partial charge in [0.1, 0.15) is 5.76 Å². The first kappa shape index (κ1) is 17.8. The monoisotopic (exact) mass is 365 g/mol. The van der Waals surface area contributed by atoms with E-state index in [-0.39, 0.29) is 10.8 Å². The molecule has 1 aliphatic rings. The molecule has 1 amide bonds. The van der Waals surface area contributed by atoms with Crippen molar-refractivity contribution >= 4 is 23.1 Å². The fourth-order valence-electron chi connectivity index (χ4n) is 2.90. The molecule has 1 aliphatic heterocycles. The summed E-state index contributed by atoms with van der Waals surface area (Å²) in [5.74, 6) is 1.05. The number of aryl methyl sites for hydroxylation is 2. The molecule has 3 rings (SSSR count). The third kappa shape index (κ3) is 4.77. The van der Waals surface area contributed by atoms with Crippen LogP contribution in [0.1, 0.15) is 11.5 Å². The lowest BCUT2D eigenvalue weighted by molar-refractivity contribution is -0.117. The number of hydrogen-bond acceptors (Lipinski definition) is 7. The Morgan fingerprint density at radius 1 is 1.24 bits per heavy atom. The second-order valence-corrected chi connectivity index (χ2v) is 7.10. The molecular weight excluding hydrogens is 342 g/mol. The van der Waals surface area contributed by atoms with Gasteiger partial charge in [-0.15, -0.1) is 0 Å². The number of thiazole rings is 1. The summed E-state index contributed by atoms with van der Waals surface area (Å²) in [6, 6.07) is 1.70.